The Morgan fingerprint density at radius 3 is 2.69 bits per heavy atom. The molecule has 0 saturated carbocycles. The van der Waals surface area contributed by atoms with Crippen molar-refractivity contribution in [2.75, 3.05) is 39.3 Å². The number of piperazine rings is 1. The third-order valence-electron chi connectivity index (χ3n) is 2.31. The van der Waals surface area contributed by atoms with Crippen LogP contribution in [0.2, 0.25) is 0 Å². The molecule has 4 heteroatoms. The van der Waals surface area contributed by atoms with Crippen molar-refractivity contribution in [3.63, 3.8) is 0 Å². The predicted octanol–water partition coefficient (Wildman–Crippen LogP) is -0.467. The van der Waals surface area contributed by atoms with Gasteiger partial charge in [-0.25, -0.2) is 0 Å². The fourth-order valence-corrected chi connectivity index (χ4v) is 1.62. The average Bonchev–Trinajstić information content (AvgIpc) is 2.10. The summed E-state index contributed by atoms with van der Waals surface area (Å²) in [6.07, 6.45) is 1.09. The van der Waals surface area contributed by atoms with Gasteiger partial charge in [0.05, 0.1) is 13.2 Å². The van der Waals surface area contributed by atoms with E-state index >= 15 is 0 Å². The molecule has 4 nitrogen and oxygen atoms in total. The van der Waals surface area contributed by atoms with E-state index in [0.717, 1.165) is 26.1 Å². The van der Waals surface area contributed by atoms with Crippen molar-refractivity contribution in [1.82, 2.24) is 9.80 Å². The molecule has 0 bridgehead atoms. The van der Waals surface area contributed by atoms with Crippen molar-refractivity contribution < 1.29 is 9.90 Å². The van der Waals surface area contributed by atoms with Crippen LogP contribution in [0, 0.1) is 0 Å². The van der Waals surface area contributed by atoms with Crippen LogP contribution < -0.4 is 0 Å². The molecule has 1 heterocycles. The average molecular weight is 186 g/mol. The van der Waals surface area contributed by atoms with Crippen molar-refractivity contribution in [3.8, 4) is 0 Å². The van der Waals surface area contributed by atoms with E-state index in [1.54, 1.807) is 4.90 Å². The van der Waals surface area contributed by atoms with Gasteiger partial charge in [-0.15, -0.1) is 0 Å². The van der Waals surface area contributed by atoms with Crippen molar-refractivity contribution in [1.29, 1.82) is 0 Å². The number of carbonyl (C=O) groups is 1. The smallest absolute Gasteiger partial charge is 0.236 e. The second-order valence-corrected chi connectivity index (χ2v) is 3.38. The third-order valence-corrected chi connectivity index (χ3v) is 2.31. The molecule has 0 radical (unpaired) electrons. The number of hydrogen-bond acceptors (Lipinski definition) is 3. The molecule has 1 fully saturated rings. The Balaban J connectivity index is 2.33. The third kappa shape index (κ3) is 2.97. The van der Waals surface area contributed by atoms with E-state index in [1.807, 2.05) is 0 Å². The van der Waals surface area contributed by atoms with Crippen LogP contribution in [-0.4, -0.2) is 60.1 Å². The molecule has 0 aromatic heterocycles. The summed E-state index contributed by atoms with van der Waals surface area (Å²) < 4.78 is 0. The monoisotopic (exact) mass is 186 g/mol. The van der Waals surface area contributed by atoms with E-state index in [-0.39, 0.29) is 12.5 Å². The Kier molecular flexibility index (Phi) is 4.18. The van der Waals surface area contributed by atoms with Crippen LogP contribution in [-0.2, 0) is 4.79 Å². The molecule has 76 valence electrons. The zero-order valence-electron chi connectivity index (χ0n) is 8.20. The summed E-state index contributed by atoms with van der Waals surface area (Å²) in [4.78, 5) is 15.3. The molecule has 1 aliphatic rings. The zero-order valence-corrected chi connectivity index (χ0v) is 8.20. The first-order chi connectivity index (χ1) is 6.27. The summed E-state index contributed by atoms with van der Waals surface area (Å²) in [5.41, 5.74) is 0. The number of nitrogens with zero attached hydrogens (tertiary/aromatic N) is 2. The van der Waals surface area contributed by atoms with Gasteiger partial charge in [0.15, 0.2) is 0 Å². The molecular formula is C9H18N2O2. The van der Waals surface area contributed by atoms with E-state index in [2.05, 4.69) is 11.8 Å². The van der Waals surface area contributed by atoms with Gasteiger partial charge in [-0.05, 0) is 13.0 Å². The molecule has 0 aromatic rings. The topological polar surface area (TPSA) is 43.8 Å². The number of aliphatic hydroxyl groups excluding tert-OH is 1. The SMILES string of the molecule is CCCN1CCN(CCO)C(=O)C1. The first-order valence-corrected chi connectivity index (χ1v) is 4.89. The predicted molar refractivity (Wildman–Crippen MR) is 50.4 cm³/mol. The van der Waals surface area contributed by atoms with Crippen molar-refractivity contribution >= 4 is 5.91 Å². The lowest BCUT2D eigenvalue weighted by Crippen LogP contribution is -2.51. The normalized spacial score (nSPS) is 19.5. The number of aliphatic hydroxyl groups is 1. The fraction of sp³-hybridized carbons (Fsp3) is 0.889. The van der Waals surface area contributed by atoms with Crippen molar-refractivity contribution in [2.24, 2.45) is 0 Å². The summed E-state index contributed by atoms with van der Waals surface area (Å²) in [6, 6.07) is 0. The van der Waals surface area contributed by atoms with Crippen molar-refractivity contribution in [2.45, 2.75) is 13.3 Å². The minimum absolute atomic E-state index is 0.0690. The molecule has 0 aromatic carbocycles. The van der Waals surface area contributed by atoms with Gasteiger partial charge < -0.3 is 10.0 Å². The lowest BCUT2D eigenvalue weighted by atomic mass is 10.3. The van der Waals surface area contributed by atoms with E-state index in [0.29, 0.717) is 13.1 Å². The Morgan fingerprint density at radius 2 is 2.15 bits per heavy atom. The standard InChI is InChI=1S/C9H18N2O2/c1-2-3-10-4-5-11(6-7-12)9(13)8-10/h12H,2-8H2,1H3. The molecule has 0 atom stereocenters. The van der Waals surface area contributed by atoms with Gasteiger partial charge in [0.25, 0.3) is 0 Å². The largest absolute Gasteiger partial charge is 0.395 e. The summed E-state index contributed by atoms with van der Waals surface area (Å²) in [5, 5.41) is 8.70. The maximum atomic E-state index is 11.4. The molecule has 0 aliphatic carbocycles. The molecule has 0 unspecified atom stereocenters. The molecule has 1 aliphatic heterocycles. The van der Waals surface area contributed by atoms with Gasteiger partial charge in [-0.3, -0.25) is 9.69 Å². The summed E-state index contributed by atoms with van der Waals surface area (Å²) in [5.74, 6) is 0.147. The molecule has 1 saturated heterocycles. The van der Waals surface area contributed by atoms with Gasteiger partial charge in [-0.2, -0.15) is 0 Å². The summed E-state index contributed by atoms with van der Waals surface area (Å²) in [7, 11) is 0. The number of hydrogen-bond donors (Lipinski definition) is 1. The highest BCUT2D eigenvalue weighted by molar-refractivity contribution is 5.79. The first kappa shape index (κ1) is 10.5. The quantitative estimate of drug-likeness (QED) is 0.645. The molecule has 1 N–H and O–H groups in total. The van der Waals surface area contributed by atoms with Crippen LogP contribution in [0.25, 0.3) is 0 Å². The second kappa shape index (κ2) is 5.19. The number of carbonyl (C=O) groups excluding carboxylic acids is 1. The molecular weight excluding hydrogens is 168 g/mol. The van der Waals surface area contributed by atoms with Gasteiger partial charge in [0, 0.05) is 19.6 Å². The maximum absolute atomic E-state index is 11.4. The minimum Gasteiger partial charge on any atom is -0.395 e. The number of β-amino-alcohol motifs (C(OH)–C–C–N with tert-alkyl or cyclic N) is 1. The maximum Gasteiger partial charge on any atom is 0.236 e. The Morgan fingerprint density at radius 1 is 1.38 bits per heavy atom. The summed E-state index contributed by atoms with van der Waals surface area (Å²) in [6.45, 7) is 5.90. The van der Waals surface area contributed by atoms with Gasteiger partial charge in [0.1, 0.15) is 0 Å². The van der Waals surface area contributed by atoms with E-state index in [9.17, 15) is 4.79 Å². The van der Waals surface area contributed by atoms with Gasteiger partial charge >= 0.3 is 0 Å². The number of rotatable bonds is 4. The fourth-order valence-electron chi connectivity index (χ4n) is 1.62. The highest BCUT2D eigenvalue weighted by Gasteiger charge is 2.22. The van der Waals surface area contributed by atoms with Crippen LogP contribution >= 0.6 is 0 Å². The van der Waals surface area contributed by atoms with Crippen LogP contribution in [0.5, 0.6) is 0 Å². The number of amides is 1. The lowest BCUT2D eigenvalue weighted by molar-refractivity contribution is -0.136. The lowest BCUT2D eigenvalue weighted by Gasteiger charge is -2.33. The van der Waals surface area contributed by atoms with E-state index in [1.165, 1.54) is 0 Å². The highest BCUT2D eigenvalue weighted by atomic mass is 16.3. The van der Waals surface area contributed by atoms with E-state index < -0.39 is 0 Å². The second-order valence-electron chi connectivity index (χ2n) is 3.38. The highest BCUT2D eigenvalue weighted by Crippen LogP contribution is 2.02. The van der Waals surface area contributed by atoms with Crippen LogP contribution in [0.15, 0.2) is 0 Å². The zero-order chi connectivity index (χ0) is 9.68. The van der Waals surface area contributed by atoms with Gasteiger partial charge in [0.2, 0.25) is 5.91 Å². The Labute approximate surface area is 79.1 Å². The van der Waals surface area contributed by atoms with E-state index in [4.69, 9.17) is 5.11 Å². The van der Waals surface area contributed by atoms with Crippen LogP contribution in [0.3, 0.4) is 0 Å². The molecule has 1 amide bonds. The minimum atomic E-state index is 0.0690. The van der Waals surface area contributed by atoms with Crippen LogP contribution in [0.4, 0.5) is 0 Å². The summed E-state index contributed by atoms with van der Waals surface area (Å²) >= 11 is 0. The van der Waals surface area contributed by atoms with Crippen molar-refractivity contribution in [3.05, 3.63) is 0 Å². The van der Waals surface area contributed by atoms with Crippen LogP contribution in [0.1, 0.15) is 13.3 Å². The molecule has 13 heavy (non-hydrogen) atoms. The Bertz CT molecular complexity index is 173. The van der Waals surface area contributed by atoms with Gasteiger partial charge in [-0.1, -0.05) is 6.92 Å². The first-order valence-electron chi connectivity index (χ1n) is 4.89. The Hall–Kier alpha value is -0.610. The molecule has 0 spiro atoms. The molecule has 1 rings (SSSR count).